The summed E-state index contributed by atoms with van der Waals surface area (Å²) < 4.78 is 7.87. The molecular weight excluding hydrogens is 446 g/mol. The van der Waals surface area contributed by atoms with E-state index in [1.165, 1.54) is 0 Å². The van der Waals surface area contributed by atoms with E-state index in [9.17, 15) is 4.79 Å². The number of carbonyl (C=O) groups is 1. The highest BCUT2D eigenvalue weighted by Crippen LogP contribution is 2.38. The smallest absolute Gasteiger partial charge is 0.343 e. The molecule has 2 aromatic carbocycles. The molecule has 0 aliphatic rings. The molecular formula is C28H30ClN3O2. The topological polar surface area (TPSA) is 55.6 Å². The number of anilines is 1. The van der Waals surface area contributed by atoms with E-state index >= 15 is 0 Å². The van der Waals surface area contributed by atoms with Crippen LogP contribution in [0.1, 0.15) is 51.4 Å². The van der Waals surface area contributed by atoms with E-state index in [2.05, 4.69) is 39.9 Å². The number of pyridine rings is 1. The van der Waals surface area contributed by atoms with Gasteiger partial charge >= 0.3 is 5.97 Å². The van der Waals surface area contributed by atoms with Crippen molar-refractivity contribution in [2.45, 2.75) is 46.6 Å². The number of nitrogens with zero attached hydrogens (tertiary/aromatic N) is 2. The third kappa shape index (κ3) is 5.42. The van der Waals surface area contributed by atoms with Crippen LogP contribution in [-0.2, 0) is 0 Å². The number of carbonyl (C=O) groups excluding carboxylic acids is 1. The number of rotatable bonds is 6. The van der Waals surface area contributed by atoms with Gasteiger partial charge in [-0.3, -0.25) is 4.40 Å². The molecule has 0 fully saturated rings. The van der Waals surface area contributed by atoms with Gasteiger partial charge in [-0.05, 0) is 74.2 Å². The second-order valence-electron chi connectivity index (χ2n) is 10.4. The lowest BCUT2D eigenvalue weighted by molar-refractivity contribution is 0.0735. The molecule has 5 nitrogen and oxygen atoms in total. The molecule has 4 rings (SSSR count). The SMILES string of the molecule is CC(C)(C)CC(C)(C)Nc1c(-c2ccccc2OC(=O)c2ccc(Cl)cc2)nc2ccccn12. The fourth-order valence-corrected chi connectivity index (χ4v) is 4.62. The normalized spacial score (nSPS) is 12.1. The average Bonchev–Trinajstić information content (AvgIpc) is 3.10. The van der Waals surface area contributed by atoms with Crippen LogP contribution in [0.25, 0.3) is 16.9 Å². The maximum absolute atomic E-state index is 12.8. The number of para-hydroxylation sites is 1. The predicted molar refractivity (Wildman–Crippen MR) is 139 cm³/mol. The summed E-state index contributed by atoms with van der Waals surface area (Å²) in [7, 11) is 0. The lowest BCUT2D eigenvalue weighted by atomic mass is 9.82. The van der Waals surface area contributed by atoms with Crippen molar-refractivity contribution >= 4 is 29.0 Å². The van der Waals surface area contributed by atoms with E-state index in [0.29, 0.717) is 16.3 Å². The van der Waals surface area contributed by atoms with Gasteiger partial charge in [0.25, 0.3) is 0 Å². The van der Waals surface area contributed by atoms with Gasteiger partial charge in [-0.1, -0.05) is 50.6 Å². The fourth-order valence-electron chi connectivity index (χ4n) is 4.49. The minimum atomic E-state index is -0.449. The largest absolute Gasteiger partial charge is 0.422 e. The quantitative estimate of drug-likeness (QED) is 0.231. The number of benzene rings is 2. The van der Waals surface area contributed by atoms with Crippen molar-refractivity contribution in [3.63, 3.8) is 0 Å². The molecule has 176 valence electrons. The third-order valence-corrected chi connectivity index (χ3v) is 5.64. The summed E-state index contributed by atoms with van der Waals surface area (Å²) >= 11 is 5.96. The molecule has 0 saturated heterocycles. The number of hydrogen-bond acceptors (Lipinski definition) is 4. The first-order valence-corrected chi connectivity index (χ1v) is 11.7. The van der Waals surface area contributed by atoms with Crippen molar-refractivity contribution in [3.05, 3.63) is 83.5 Å². The van der Waals surface area contributed by atoms with Crippen LogP contribution in [-0.4, -0.2) is 20.9 Å². The molecule has 4 aromatic rings. The van der Waals surface area contributed by atoms with Gasteiger partial charge in [0.15, 0.2) is 0 Å². The molecule has 0 bridgehead atoms. The van der Waals surface area contributed by atoms with Gasteiger partial charge in [-0.25, -0.2) is 9.78 Å². The zero-order valence-electron chi connectivity index (χ0n) is 20.2. The van der Waals surface area contributed by atoms with Crippen molar-refractivity contribution in [2.75, 3.05) is 5.32 Å². The molecule has 0 aliphatic carbocycles. The van der Waals surface area contributed by atoms with Crippen LogP contribution < -0.4 is 10.1 Å². The molecule has 34 heavy (non-hydrogen) atoms. The molecule has 6 heteroatoms. The summed E-state index contributed by atoms with van der Waals surface area (Å²) in [5, 5.41) is 4.29. The first-order chi connectivity index (χ1) is 16.0. The summed E-state index contributed by atoms with van der Waals surface area (Å²) in [6.45, 7) is 11.1. The van der Waals surface area contributed by atoms with Gasteiger partial charge in [0.1, 0.15) is 22.9 Å². The Morgan fingerprint density at radius 3 is 2.35 bits per heavy atom. The molecule has 2 heterocycles. The summed E-state index contributed by atoms with van der Waals surface area (Å²) in [5.41, 5.74) is 2.65. The number of ether oxygens (including phenoxy) is 1. The van der Waals surface area contributed by atoms with Gasteiger partial charge in [0, 0.05) is 22.3 Å². The number of aromatic nitrogens is 2. The van der Waals surface area contributed by atoms with Gasteiger partial charge in [-0.15, -0.1) is 0 Å². The highest BCUT2D eigenvalue weighted by molar-refractivity contribution is 6.30. The number of imidazole rings is 1. The minimum Gasteiger partial charge on any atom is -0.422 e. The van der Waals surface area contributed by atoms with Crippen LogP contribution in [0.5, 0.6) is 5.75 Å². The van der Waals surface area contributed by atoms with Crippen molar-refractivity contribution in [1.29, 1.82) is 0 Å². The van der Waals surface area contributed by atoms with E-state index in [0.717, 1.165) is 29.1 Å². The van der Waals surface area contributed by atoms with Crippen LogP contribution in [0.4, 0.5) is 5.82 Å². The summed E-state index contributed by atoms with van der Waals surface area (Å²) in [4.78, 5) is 17.8. The van der Waals surface area contributed by atoms with Crippen LogP contribution >= 0.6 is 11.6 Å². The van der Waals surface area contributed by atoms with Crippen molar-refractivity contribution < 1.29 is 9.53 Å². The zero-order chi connectivity index (χ0) is 24.5. The highest BCUT2D eigenvalue weighted by atomic mass is 35.5. The molecule has 0 unspecified atom stereocenters. The molecule has 2 aromatic heterocycles. The Balaban J connectivity index is 1.76. The minimum absolute atomic E-state index is 0.142. The van der Waals surface area contributed by atoms with Crippen molar-refractivity contribution in [3.8, 4) is 17.0 Å². The van der Waals surface area contributed by atoms with E-state index in [-0.39, 0.29) is 11.0 Å². The van der Waals surface area contributed by atoms with E-state index < -0.39 is 5.97 Å². The first-order valence-electron chi connectivity index (χ1n) is 11.3. The standard InChI is InChI=1S/C28H30ClN3O2/c1-27(2,3)18-28(4,5)31-25-24(30-23-12-8-9-17-32(23)25)21-10-6-7-11-22(21)34-26(33)19-13-15-20(29)16-14-19/h6-17,31H,18H2,1-5H3. The Bertz CT molecular complexity index is 1320. The molecule has 0 spiro atoms. The zero-order valence-corrected chi connectivity index (χ0v) is 21.0. The second-order valence-corrected chi connectivity index (χ2v) is 10.8. The fraction of sp³-hybridized carbons (Fsp3) is 0.286. The summed E-state index contributed by atoms with van der Waals surface area (Å²) in [6.07, 6.45) is 2.94. The summed E-state index contributed by atoms with van der Waals surface area (Å²) in [5.74, 6) is 0.859. The predicted octanol–water partition coefficient (Wildman–Crippen LogP) is 7.50. The van der Waals surface area contributed by atoms with Gasteiger partial charge in [0.05, 0.1) is 5.56 Å². The highest BCUT2D eigenvalue weighted by Gasteiger charge is 2.28. The van der Waals surface area contributed by atoms with Gasteiger partial charge < -0.3 is 10.1 Å². The number of nitrogens with one attached hydrogen (secondary N) is 1. The number of esters is 1. The Kier molecular flexibility index (Phi) is 6.41. The molecule has 0 aliphatic heterocycles. The Hall–Kier alpha value is -3.31. The van der Waals surface area contributed by atoms with E-state index in [1.54, 1.807) is 30.3 Å². The Morgan fingerprint density at radius 2 is 1.65 bits per heavy atom. The maximum Gasteiger partial charge on any atom is 0.343 e. The van der Waals surface area contributed by atoms with Crippen LogP contribution in [0, 0.1) is 5.41 Å². The molecule has 1 N–H and O–H groups in total. The number of fused-ring (bicyclic) bond motifs is 1. The Labute approximate surface area is 205 Å². The molecule has 0 amide bonds. The van der Waals surface area contributed by atoms with Gasteiger partial charge in [-0.2, -0.15) is 0 Å². The molecule has 0 radical (unpaired) electrons. The average molecular weight is 476 g/mol. The first kappa shape index (κ1) is 23.8. The van der Waals surface area contributed by atoms with Crippen LogP contribution in [0.15, 0.2) is 72.9 Å². The number of hydrogen-bond donors (Lipinski definition) is 1. The van der Waals surface area contributed by atoms with E-state index in [1.807, 2.05) is 47.0 Å². The Morgan fingerprint density at radius 1 is 0.971 bits per heavy atom. The van der Waals surface area contributed by atoms with Crippen molar-refractivity contribution in [2.24, 2.45) is 5.41 Å². The number of halogens is 1. The molecule has 0 saturated carbocycles. The van der Waals surface area contributed by atoms with Crippen LogP contribution in [0.3, 0.4) is 0 Å². The second kappa shape index (κ2) is 9.15. The van der Waals surface area contributed by atoms with Crippen LogP contribution in [0.2, 0.25) is 5.02 Å². The van der Waals surface area contributed by atoms with E-state index in [4.69, 9.17) is 21.3 Å². The maximum atomic E-state index is 12.8. The molecule has 0 atom stereocenters. The van der Waals surface area contributed by atoms with Crippen molar-refractivity contribution in [1.82, 2.24) is 9.38 Å². The lowest BCUT2D eigenvalue weighted by Crippen LogP contribution is -2.36. The summed E-state index contributed by atoms with van der Waals surface area (Å²) in [6, 6.07) is 20.0. The lowest BCUT2D eigenvalue weighted by Gasteiger charge is -2.34. The monoisotopic (exact) mass is 475 g/mol. The van der Waals surface area contributed by atoms with Gasteiger partial charge in [0.2, 0.25) is 0 Å². The third-order valence-electron chi connectivity index (χ3n) is 5.38.